The predicted molar refractivity (Wildman–Crippen MR) is 52.5 cm³/mol. The molecule has 0 saturated heterocycles. The van der Waals surface area contributed by atoms with E-state index in [0.29, 0.717) is 5.92 Å². The molecule has 0 bridgehead atoms. The van der Waals surface area contributed by atoms with Crippen LogP contribution in [-0.2, 0) is 26.2 Å². The average molecular weight is 248 g/mol. The first-order chi connectivity index (χ1) is 5.88. The number of hydrogen-bond donors (Lipinski definition) is 0. The fourth-order valence-corrected chi connectivity index (χ4v) is 1.68. The van der Waals surface area contributed by atoms with E-state index in [1.165, 1.54) is 11.1 Å². The minimum absolute atomic E-state index is 0. The van der Waals surface area contributed by atoms with Gasteiger partial charge in [-0.15, -0.1) is 5.92 Å². The Kier molecular flexibility index (Phi) is 4.12. The summed E-state index contributed by atoms with van der Waals surface area (Å²) in [6, 6.07) is 0. The number of hydrogen-bond acceptors (Lipinski definition) is 0. The maximum atomic E-state index is 4.19. The van der Waals surface area contributed by atoms with Crippen LogP contribution in [0.5, 0.6) is 0 Å². The van der Waals surface area contributed by atoms with E-state index in [9.17, 15) is 0 Å². The molecule has 0 aromatic carbocycles. The van der Waals surface area contributed by atoms with Crippen LogP contribution in [0.2, 0.25) is 0 Å². The van der Waals surface area contributed by atoms with E-state index in [1.807, 2.05) is 0 Å². The van der Waals surface area contributed by atoms with Crippen LogP contribution in [0.25, 0.3) is 0 Å². The third-order valence-electron chi connectivity index (χ3n) is 2.50. The Morgan fingerprint density at radius 3 is 1.77 bits per heavy atom. The van der Waals surface area contributed by atoms with E-state index >= 15 is 0 Å². The molecule has 2 aliphatic rings. The zero-order valence-electron chi connectivity index (χ0n) is 7.66. The summed E-state index contributed by atoms with van der Waals surface area (Å²) in [6.07, 6.45) is 15.2. The summed E-state index contributed by atoms with van der Waals surface area (Å²) < 4.78 is 0. The first-order valence-corrected chi connectivity index (χ1v) is 4.42. The van der Waals surface area contributed by atoms with Crippen molar-refractivity contribution in [3.05, 3.63) is 54.5 Å². The molecule has 0 aliphatic heterocycles. The molecular formula is C12H13Zr-. The van der Waals surface area contributed by atoms with Crippen LogP contribution < -0.4 is 0 Å². The first kappa shape index (κ1) is 10.9. The van der Waals surface area contributed by atoms with Crippen molar-refractivity contribution in [3.8, 4) is 0 Å². The molecule has 66 valence electrons. The summed E-state index contributed by atoms with van der Waals surface area (Å²) in [7, 11) is 0. The Morgan fingerprint density at radius 2 is 1.46 bits per heavy atom. The summed E-state index contributed by atoms with van der Waals surface area (Å²) in [4.78, 5) is 0. The molecule has 0 atom stereocenters. The molecule has 13 heavy (non-hydrogen) atoms. The molecule has 0 unspecified atom stereocenters. The maximum absolute atomic E-state index is 4.19. The number of rotatable bonds is 2. The van der Waals surface area contributed by atoms with Gasteiger partial charge in [0.1, 0.15) is 0 Å². The van der Waals surface area contributed by atoms with Gasteiger partial charge in [0.05, 0.1) is 0 Å². The van der Waals surface area contributed by atoms with Crippen LogP contribution >= 0.6 is 0 Å². The molecule has 0 heterocycles. The van der Waals surface area contributed by atoms with Crippen molar-refractivity contribution in [2.24, 2.45) is 5.92 Å². The van der Waals surface area contributed by atoms with Crippen LogP contribution in [0.15, 0.2) is 47.6 Å². The Bertz CT molecular complexity index is 262. The topological polar surface area (TPSA) is 0 Å². The fourth-order valence-electron chi connectivity index (χ4n) is 1.68. The minimum Gasteiger partial charge on any atom is -0.332 e. The molecule has 0 N–H and O–H groups in total. The van der Waals surface area contributed by atoms with Gasteiger partial charge in [-0.1, -0.05) is 47.6 Å². The van der Waals surface area contributed by atoms with Crippen molar-refractivity contribution >= 4 is 0 Å². The molecule has 0 saturated carbocycles. The Hall–Kier alpha value is -0.157. The van der Waals surface area contributed by atoms with E-state index in [-0.39, 0.29) is 26.2 Å². The van der Waals surface area contributed by atoms with Crippen molar-refractivity contribution in [1.29, 1.82) is 0 Å². The molecule has 0 radical (unpaired) electrons. The Balaban J connectivity index is 0.000000845. The monoisotopic (exact) mass is 247 g/mol. The van der Waals surface area contributed by atoms with E-state index < -0.39 is 0 Å². The minimum atomic E-state index is 0. The predicted octanol–water partition coefficient (Wildman–Crippen LogP) is 3.21. The van der Waals surface area contributed by atoms with Gasteiger partial charge in [-0.25, -0.2) is 0 Å². The van der Waals surface area contributed by atoms with E-state index in [2.05, 4.69) is 43.4 Å². The second-order valence-corrected chi connectivity index (χ2v) is 3.30. The quantitative estimate of drug-likeness (QED) is 0.658. The van der Waals surface area contributed by atoms with Crippen molar-refractivity contribution in [2.45, 2.75) is 12.8 Å². The maximum Gasteiger partial charge on any atom is 0 e. The van der Waals surface area contributed by atoms with Crippen molar-refractivity contribution in [1.82, 2.24) is 0 Å². The third-order valence-corrected chi connectivity index (χ3v) is 2.50. The zero-order valence-corrected chi connectivity index (χ0v) is 10.1. The summed E-state index contributed by atoms with van der Waals surface area (Å²) in [5.41, 5.74) is 2.90. The van der Waals surface area contributed by atoms with Gasteiger partial charge in [0, 0.05) is 26.2 Å². The van der Waals surface area contributed by atoms with Crippen molar-refractivity contribution in [3.63, 3.8) is 0 Å². The van der Waals surface area contributed by atoms with E-state index in [0.717, 1.165) is 12.8 Å². The van der Waals surface area contributed by atoms with E-state index in [4.69, 9.17) is 0 Å². The molecule has 0 aromatic heterocycles. The smallest absolute Gasteiger partial charge is 0 e. The first-order valence-electron chi connectivity index (χ1n) is 4.42. The summed E-state index contributed by atoms with van der Waals surface area (Å²) in [6.45, 7) is 4.19. The summed E-state index contributed by atoms with van der Waals surface area (Å²) in [5.74, 6) is 0.398. The average Bonchev–Trinajstić information content (AvgIpc) is 2.77. The van der Waals surface area contributed by atoms with Gasteiger partial charge >= 0.3 is 0 Å². The Morgan fingerprint density at radius 1 is 1.00 bits per heavy atom. The summed E-state index contributed by atoms with van der Waals surface area (Å²) >= 11 is 0. The molecule has 0 spiro atoms. The molecular weight excluding hydrogens is 235 g/mol. The fraction of sp³-hybridized carbons (Fsp3) is 0.250. The normalized spacial score (nSPS) is 18.9. The standard InChI is InChI=1S/C12H13.Zr/c1-10(11-6-2-3-7-11)12-8-4-5-9-12;/h2-6,8,10H,1,7,9H2;/q-1;. The molecule has 0 amide bonds. The van der Waals surface area contributed by atoms with Crippen LogP contribution in [0.4, 0.5) is 0 Å². The van der Waals surface area contributed by atoms with Gasteiger partial charge in [0.2, 0.25) is 0 Å². The van der Waals surface area contributed by atoms with Crippen LogP contribution in [0.1, 0.15) is 12.8 Å². The third kappa shape index (κ3) is 2.40. The molecule has 0 aromatic rings. The van der Waals surface area contributed by atoms with Crippen LogP contribution in [0.3, 0.4) is 0 Å². The van der Waals surface area contributed by atoms with Crippen LogP contribution in [-0.4, -0.2) is 0 Å². The van der Waals surface area contributed by atoms with Crippen LogP contribution in [0, 0.1) is 12.8 Å². The Labute approximate surface area is 99.2 Å². The molecule has 2 aliphatic carbocycles. The van der Waals surface area contributed by atoms with Crippen molar-refractivity contribution in [2.75, 3.05) is 0 Å². The van der Waals surface area contributed by atoms with Gasteiger partial charge < -0.3 is 6.92 Å². The van der Waals surface area contributed by atoms with E-state index in [1.54, 1.807) is 0 Å². The SMILES string of the molecule is [CH2-]C(C1=CC=CC1)C1=CC=CC1.[Zr]. The second kappa shape index (κ2) is 4.91. The molecule has 1 heteroatoms. The zero-order chi connectivity index (χ0) is 8.39. The van der Waals surface area contributed by atoms with Gasteiger partial charge in [-0.2, -0.15) is 0 Å². The largest absolute Gasteiger partial charge is 0.332 e. The summed E-state index contributed by atoms with van der Waals surface area (Å²) in [5, 5.41) is 0. The molecule has 0 fully saturated rings. The molecule has 2 rings (SSSR count). The second-order valence-electron chi connectivity index (χ2n) is 3.30. The van der Waals surface area contributed by atoms with Gasteiger partial charge in [0.15, 0.2) is 0 Å². The van der Waals surface area contributed by atoms with Crippen molar-refractivity contribution < 1.29 is 26.2 Å². The van der Waals surface area contributed by atoms with Gasteiger partial charge in [0.25, 0.3) is 0 Å². The van der Waals surface area contributed by atoms with Gasteiger partial charge in [-0.3, -0.25) is 0 Å². The molecule has 0 nitrogen and oxygen atoms in total. The van der Waals surface area contributed by atoms with Gasteiger partial charge in [-0.05, 0) is 12.8 Å². The number of allylic oxidation sites excluding steroid dienone is 8.